The number of likely N-dealkylation sites (tertiary alicyclic amines) is 1. The van der Waals surface area contributed by atoms with Crippen LogP contribution in [0.5, 0.6) is 0 Å². The predicted molar refractivity (Wildman–Crippen MR) is 71.7 cm³/mol. The molecule has 1 aliphatic heterocycles. The van der Waals surface area contributed by atoms with Gasteiger partial charge in [-0.3, -0.25) is 0 Å². The monoisotopic (exact) mass is 226 g/mol. The fourth-order valence-electron chi connectivity index (χ4n) is 2.89. The lowest BCUT2D eigenvalue weighted by molar-refractivity contribution is 0.182. The van der Waals surface area contributed by atoms with Gasteiger partial charge in [0.05, 0.1) is 0 Å². The molecule has 1 aliphatic rings. The highest BCUT2D eigenvalue weighted by molar-refractivity contribution is 4.80. The van der Waals surface area contributed by atoms with Crippen LogP contribution in [-0.2, 0) is 0 Å². The van der Waals surface area contributed by atoms with Gasteiger partial charge in [0.1, 0.15) is 0 Å². The fraction of sp³-hybridized carbons (Fsp3) is 1.00. The van der Waals surface area contributed by atoms with E-state index in [4.69, 9.17) is 0 Å². The molecule has 0 radical (unpaired) electrons. The topological polar surface area (TPSA) is 15.3 Å². The molecule has 0 aromatic rings. The van der Waals surface area contributed by atoms with Crippen LogP contribution in [0.15, 0.2) is 0 Å². The number of nitrogens with one attached hydrogen (secondary N) is 1. The summed E-state index contributed by atoms with van der Waals surface area (Å²) in [5, 5.41) is 3.78. The van der Waals surface area contributed by atoms with Crippen molar-refractivity contribution in [2.75, 3.05) is 20.1 Å². The van der Waals surface area contributed by atoms with Gasteiger partial charge in [-0.15, -0.1) is 0 Å². The van der Waals surface area contributed by atoms with E-state index < -0.39 is 0 Å². The highest BCUT2D eigenvalue weighted by Crippen LogP contribution is 2.20. The first kappa shape index (κ1) is 14.0. The smallest absolute Gasteiger partial charge is 0.00704 e. The molecule has 1 heterocycles. The summed E-state index contributed by atoms with van der Waals surface area (Å²) in [5.41, 5.74) is 0. The summed E-state index contributed by atoms with van der Waals surface area (Å²) in [6, 6.07) is 1.34. The van der Waals surface area contributed by atoms with Crippen molar-refractivity contribution in [1.29, 1.82) is 0 Å². The maximum absolute atomic E-state index is 3.78. The predicted octanol–water partition coefficient (Wildman–Crippen LogP) is 2.74. The Morgan fingerprint density at radius 1 is 1.12 bits per heavy atom. The zero-order valence-electron chi connectivity index (χ0n) is 11.8. The zero-order chi connectivity index (χ0) is 12.1. The molecule has 2 nitrogen and oxygen atoms in total. The second-order valence-corrected chi connectivity index (χ2v) is 6.13. The maximum atomic E-state index is 3.78. The first-order valence-corrected chi connectivity index (χ1v) is 6.93. The summed E-state index contributed by atoms with van der Waals surface area (Å²) in [7, 11) is 2.23. The Labute approximate surface area is 102 Å². The Balaban J connectivity index is 2.26. The molecule has 2 atom stereocenters. The molecule has 0 aromatic heterocycles. The Morgan fingerprint density at radius 2 is 1.69 bits per heavy atom. The summed E-state index contributed by atoms with van der Waals surface area (Å²) in [4.78, 5) is 2.45. The lowest BCUT2D eigenvalue weighted by Gasteiger charge is -2.34. The molecule has 0 aliphatic carbocycles. The SMILES string of the molecule is CC(C)CC(C)NC(C)C1CCN(C)CC1. The lowest BCUT2D eigenvalue weighted by atomic mass is 9.89. The van der Waals surface area contributed by atoms with E-state index in [1.165, 1.54) is 32.4 Å². The van der Waals surface area contributed by atoms with Gasteiger partial charge in [0, 0.05) is 12.1 Å². The summed E-state index contributed by atoms with van der Waals surface area (Å²) in [6.45, 7) is 11.8. The van der Waals surface area contributed by atoms with Gasteiger partial charge in [-0.1, -0.05) is 13.8 Å². The maximum Gasteiger partial charge on any atom is 0.00704 e. The molecule has 0 amide bonds. The van der Waals surface area contributed by atoms with Crippen LogP contribution >= 0.6 is 0 Å². The lowest BCUT2D eigenvalue weighted by Crippen LogP contribution is -2.44. The van der Waals surface area contributed by atoms with Gasteiger partial charge in [-0.05, 0) is 65.1 Å². The van der Waals surface area contributed by atoms with Gasteiger partial charge in [0.15, 0.2) is 0 Å². The third-order valence-electron chi connectivity index (χ3n) is 3.84. The van der Waals surface area contributed by atoms with Gasteiger partial charge in [-0.25, -0.2) is 0 Å². The van der Waals surface area contributed by atoms with E-state index >= 15 is 0 Å². The molecule has 0 saturated carbocycles. The molecule has 1 saturated heterocycles. The molecule has 0 aromatic carbocycles. The second kappa shape index (κ2) is 6.61. The molecule has 1 rings (SSSR count). The van der Waals surface area contributed by atoms with Crippen LogP contribution in [0.4, 0.5) is 0 Å². The minimum absolute atomic E-state index is 0.662. The Morgan fingerprint density at radius 3 is 2.19 bits per heavy atom. The third kappa shape index (κ3) is 4.84. The van der Waals surface area contributed by atoms with Crippen LogP contribution in [0.25, 0.3) is 0 Å². The van der Waals surface area contributed by atoms with Crippen molar-refractivity contribution < 1.29 is 0 Å². The van der Waals surface area contributed by atoms with Gasteiger partial charge >= 0.3 is 0 Å². The van der Waals surface area contributed by atoms with Crippen molar-refractivity contribution in [3.05, 3.63) is 0 Å². The number of hydrogen-bond acceptors (Lipinski definition) is 2. The average Bonchev–Trinajstić information content (AvgIpc) is 2.16. The summed E-state index contributed by atoms with van der Waals surface area (Å²) in [6.07, 6.45) is 4.01. The second-order valence-electron chi connectivity index (χ2n) is 6.13. The summed E-state index contributed by atoms with van der Waals surface area (Å²) in [5.74, 6) is 1.68. The third-order valence-corrected chi connectivity index (χ3v) is 3.84. The van der Waals surface area contributed by atoms with Crippen LogP contribution in [-0.4, -0.2) is 37.1 Å². The molecular formula is C14H30N2. The van der Waals surface area contributed by atoms with Crippen LogP contribution < -0.4 is 5.32 Å². The van der Waals surface area contributed by atoms with Crippen LogP contribution in [0.1, 0.15) is 47.0 Å². The molecular weight excluding hydrogens is 196 g/mol. The van der Waals surface area contributed by atoms with Gasteiger partial charge in [0.25, 0.3) is 0 Å². The Hall–Kier alpha value is -0.0800. The normalized spacial score (nSPS) is 23.6. The minimum Gasteiger partial charge on any atom is -0.311 e. The van der Waals surface area contributed by atoms with Crippen LogP contribution in [0, 0.1) is 11.8 Å². The van der Waals surface area contributed by atoms with E-state index in [2.05, 4.69) is 45.0 Å². The van der Waals surface area contributed by atoms with Crippen molar-refractivity contribution in [3.63, 3.8) is 0 Å². The standard InChI is InChI=1S/C14H30N2/c1-11(2)10-12(3)15-13(4)14-6-8-16(5)9-7-14/h11-15H,6-10H2,1-5H3. The van der Waals surface area contributed by atoms with Crippen molar-refractivity contribution in [2.24, 2.45) is 11.8 Å². The van der Waals surface area contributed by atoms with Crippen molar-refractivity contribution in [2.45, 2.75) is 59.0 Å². The number of hydrogen-bond donors (Lipinski definition) is 1. The zero-order valence-corrected chi connectivity index (χ0v) is 11.8. The molecule has 1 fully saturated rings. The van der Waals surface area contributed by atoms with Gasteiger partial charge in [-0.2, -0.15) is 0 Å². The molecule has 16 heavy (non-hydrogen) atoms. The first-order chi connectivity index (χ1) is 7.49. The van der Waals surface area contributed by atoms with E-state index in [9.17, 15) is 0 Å². The van der Waals surface area contributed by atoms with Crippen molar-refractivity contribution >= 4 is 0 Å². The van der Waals surface area contributed by atoms with Crippen LogP contribution in [0.2, 0.25) is 0 Å². The summed E-state index contributed by atoms with van der Waals surface area (Å²) >= 11 is 0. The van der Waals surface area contributed by atoms with E-state index in [1.54, 1.807) is 0 Å². The molecule has 1 N–H and O–H groups in total. The highest BCUT2D eigenvalue weighted by atomic mass is 15.1. The molecule has 0 spiro atoms. The first-order valence-electron chi connectivity index (χ1n) is 6.93. The van der Waals surface area contributed by atoms with Gasteiger partial charge < -0.3 is 10.2 Å². The van der Waals surface area contributed by atoms with Gasteiger partial charge in [0.2, 0.25) is 0 Å². The van der Waals surface area contributed by atoms with Crippen molar-refractivity contribution in [3.8, 4) is 0 Å². The Bertz CT molecular complexity index is 183. The van der Waals surface area contributed by atoms with E-state index in [0.717, 1.165) is 11.8 Å². The fourth-order valence-corrected chi connectivity index (χ4v) is 2.89. The number of rotatable bonds is 5. The van der Waals surface area contributed by atoms with E-state index in [0.29, 0.717) is 12.1 Å². The quantitative estimate of drug-likeness (QED) is 0.775. The number of piperidine rings is 1. The minimum atomic E-state index is 0.662. The Kier molecular flexibility index (Phi) is 5.77. The summed E-state index contributed by atoms with van der Waals surface area (Å²) < 4.78 is 0. The number of nitrogens with zero attached hydrogens (tertiary/aromatic N) is 1. The average molecular weight is 226 g/mol. The van der Waals surface area contributed by atoms with Crippen molar-refractivity contribution in [1.82, 2.24) is 10.2 Å². The van der Waals surface area contributed by atoms with E-state index in [-0.39, 0.29) is 0 Å². The van der Waals surface area contributed by atoms with E-state index in [1.807, 2.05) is 0 Å². The highest BCUT2D eigenvalue weighted by Gasteiger charge is 2.23. The molecule has 2 heteroatoms. The molecule has 2 unspecified atom stereocenters. The van der Waals surface area contributed by atoms with Crippen LogP contribution in [0.3, 0.4) is 0 Å². The molecule has 96 valence electrons. The molecule has 0 bridgehead atoms. The largest absolute Gasteiger partial charge is 0.311 e.